The van der Waals surface area contributed by atoms with Gasteiger partial charge in [-0.25, -0.2) is 0 Å². The summed E-state index contributed by atoms with van der Waals surface area (Å²) in [5.41, 5.74) is 2.77. The van der Waals surface area contributed by atoms with Crippen LogP contribution >= 0.6 is 0 Å². The highest BCUT2D eigenvalue weighted by molar-refractivity contribution is 5.92. The molecule has 0 bridgehead atoms. The van der Waals surface area contributed by atoms with Gasteiger partial charge in [0.1, 0.15) is 5.69 Å². The maximum atomic E-state index is 12.7. The van der Waals surface area contributed by atoms with Gasteiger partial charge < -0.3 is 10.1 Å². The highest BCUT2D eigenvalue weighted by atomic mass is 16.5. The molecule has 1 aliphatic rings. The molecule has 1 aliphatic heterocycles. The summed E-state index contributed by atoms with van der Waals surface area (Å²) < 4.78 is 7.28. The van der Waals surface area contributed by atoms with Crippen LogP contribution in [0.1, 0.15) is 35.6 Å². The second-order valence-corrected chi connectivity index (χ2v) is 7.18. The van der Waals surface area contributed by atoms with Gasteiger partial charge in [-0.2, -0.15) is 5.10 Å². The number of aromatic nitrogens is 3. The molecule has 0 aliphatic carbocycles. The minimum Gasteiger partial charge on any atom is -0.379 e. The van der Waals surface area contributed by atoms with Crippen LogP contribution < -0.4 is 5.32 Å². The Kier molecular flexibility index (Phi) is 5.48. The lowest BCUT2D eigenvalue weighted by Crippen LogP contribution is -2.41. The predicted molar refractivity (Wildman–Crippen MR) is 95.3 cm³/mol. The third-order valence-corrected chi connectivity index (χ3v) is 4.54. The molecule has 0 spiro atoms. The summed E-state index contributed by atoms with van der Waals surface area (Å²) >= 11 is 0. The summed E-state index contributed by atoms with van der Waals surface area (Å²) in [5, 5.41) is 7.58. The van der Waals surface area contributed by atoms with E-state index in [1.54, 1.807) is 17.1 Å². The van der Waals surface area contributed by atoms with Gasteiger partial charge in [-0.1, -0.05) is 13.8 Å². The zero-order valence-electron chi connectivity index (χ0n) is 15.1. The molecule has 2 atom stereocenters. The Hall–Kier alpha value is -2.21. The van der Waals surface area contributed by atoms with Crippen molar-refractivity contribution in [2.45, 2.75) is 32.7 Å². The number of aryl methyl sites for hydroxylation is 1. The lowest BCUT2D eigenvalue weighted by atomic mass is 9.95. The number of hydrogen-bond donors (Lipinski definition) is 1. The molecule has 2 aromatic rings. The number of pyridine rings is 1. The van der Waals surface area contributed by atoms with E-state index in [0.717, 1.165) is 18.5 Å². The highest BCUT2D eigenvalue weighted by Gasteiger charge is 2.30. The molecule has 1 fully saturated rings. The van der Waals surface area contributed by atoms with Crippen molar-refractivity contribution in [1.82, 2.24) is 20.1 Å². The third-order valence-electron chi connectivity index (χ3n) is 4.54. The monoisotopic (exact) mass is 342 g/mol. The van der Waals surface area contributed by atoms with Crippen molar-refractivity contribution in [2.75, 3.05) is 13.2 Å². The first kappa shape index (κ1) is 17.6. The first-order valence-electron chi connectivity index (χ1n) is 8.83. The lowest BCUT2D eigenvalue weighted by Gasteiger charge is -2.19. The molecule has 0 aromatic carbocycles. The van der Waals surface area contributed by atoms with Gasteiger partial charge in [0, 0.05) is 25.4 Å². The van der Waals surface area contributed by atoms with Crippen LogP contribution in [0.15, 0.2) is 30.6 Å². The number of nitrogens with zero attached hydrogens (tertiary/aromatic N) is 3. The third kappa shape index (κ3) is 4.45. The maximum absolute atomic E-state index is 12.7. The van der Waals surface area contributed by atoms with E-state index in [0.29, 0.717) is 24.8 Å². The summed E-state index contributed by atoms with van der Waals surface area (Å²) in [5.74, 6) is 0.703. The molecule has 0 saturated carbocycles. The van der Waals surface area contributed by atoms with Gasteiger partial charge in [-0.05, 0) is 42.5 Å². The van der Waals surface area contributed by atoms with Crippen LogP contribution in [0.2, 0.25) is 0 Å². The highest BCUT2D eigenvalue weighted by Crippen LogP contribution is 2.19. The Morgan fingerprint density at radius 2 is 2.12 bits per heavy atom. The van der Waals surface area contributed by atoms with Gasteiger partial charge in [-0.3, -0.25) is 14.5 Å². The van der Waals surface area contributed by atoms with Crippen molar-refractivity contribution in [3.63, 3.8) is 0 Å². The average Bonchev–Trinajstić information content (AvgIpc) is 3.14. The molecule has 2 aromatic heterocycles. The Balaban J connectivity index is 1.64. The standard InChI is InChI=1S/C19H26N4O2/c1-13(2)8-16-10-18(23(3)22-16)19(24)21-17-12-25-11-15(17)9-14-4-6-20-7-5-14/h4-7,10,13,15,17H,8-9,11-12H2,1-3H3,(H,21,24). The molecule has 0 radical (unpaired) electrons. The van der Waals surface area contributed by atoms with Gasteiger partial charge in [0.25, 0.3) is 5.91 Å². The van der Waals surface area contributed by atoms with E-state index < -0.39 is 0 Å². The van der Waals surface area contributed by atoms with Crippen LogP contribution in [0.25, 0.3) is 0 Å². The largest absolute Gasteiger partial charge is 0.379 e. The average molecular weight is 342 g/mol. The molecule has 2 unspecified atom stereocenters. The minimum atomic E-state index is -0.0831. The molecule has 1 N–H and O–H groups in total. The molecule has 6 nitrogen and oxygen atoms in total. The zero-order chi connectivity index (χ0) is 17.8. The Morgan fingerprint density at radius 3 is 2.84 bits per heavy atom. The van der Waals surface area contributed by atoms with Crippen molar-refractivity contribution >= 4 is 5.91 Å². The van der Waals surface area contributed by atoms with Crippen molar-refractivity contribution in [3.05, 3.63) is 47.5 Å². The number of amides is 1. The van der Waals surface area contributed by atoms with Gasteiger partial charge in [0.15, 0.2) is 0 Å². The number of carbonyl (C=O) groups excluding carboxylic acids is 1. The summed E-state index contributed by atoms with van der Waals surface area (Å²) in [6.45, 7) is 5.51. The first-order chi connectivity index (χ1) is 12.0. The fourth-order valence-electron chi connectivity index (χ4n) is 3.28. The SMILES string of the molecule is CC(C)Cc1cc(C(=O)NC2COCC2Cc2ccncc2)n(C)n1. The van der Waals surface area contributed by atoms with Gasteiger partial charge in [0.05, 0.1) is 24.9 Å². The quantitative estimate of drug-likeness (QED) is 0.872. The molecule has 1 amide bonds. The van der Waals surface area contributed by atoms with E-state index in [1.165, 1.54) is 5.56 Å². The number of ether oxygens (including phenoxy) is 1. The van der Waals surface area contributed by atoms with Gasteiger partial charge >= 0.3 is 0 Å². The number of carbonyl (C=O) groups is 1. The Morgan fingerprint density at radius 1 is 1.36 bits per heavy atom. The smallest absolute Gasteiger partial charge is 0.269 e. The van der Waals surface area contributed by atoms with Crippen LogP contribution in [0.5, 0.6) is 0 Å². The number of rotatable bonds is 6. The predicted octanol–water partition coefficient (Wildman–Crippen LogP) is 2.00. The van der Waals surface area contributed by atoms with E-state index in [-0.39, 0.29) is 17.9 Å². The Bertz CT molecular complexity index is 711. The van der Waals surface area contributed by atoms with E-state index in [2.05, 4.69) is 29.2 Å². The second kappa shape index (κ2) is 7.78. The normalized spacial score (nSPS) is 20.2. The molecule has 1 saturated heterocycles. The molecule has 3 rings (SSSR count). The summed E-state index contributed by atoms with van der Waals surface area (Å²) in [6, 6.07) is 5.93. The summed E-state index contributed by atoms with van der Waals surface area (Å²) in [7, 11) is 1.82. The van der Waals surface area contributed by atoms with E-state index >= 15 is 0 Å². The van der Waals surface area contributed by atoms with E-state index in [1.807, 2.05) is 25.2 Å². The van der Waals surface area contributed by atoms with Crippen molar-refractivity contribution in [3.8, 4) is 0 Å². The zero-order valence-corrected chi connectivity index (χ0v) is 15.1. The maximum Gasteiger partial charge on any atom is 0.269 e. The topological polar surface area (TPSA) is 69.0 Å². The fourth-order valence-corrected chi connectivity index (χ4v) is 3.28. The van der Waals surface area contributed by atoms with Crippen molar-refractivity contribution in [2.24, 2.45) is 18.9 Å². The second-order valence-electron chi connectivity index (χ2n) is 7.18. The summed E-state index contributed by atoms with van der Waals surface area (Å²) in [6.07, 6.45) is 5.34. The van der Waals surface area contributed by atoms with Crippen molar-refractivity contribution < 1.29 is 9.53 Å². The van der Waals surface area contributed by atoms with E-state index in [4.69, 9.17) is 4.74 Å². The van der Waals surface area contributed by atoms with Crippen LogP contribution in [-0.4, -0.2) is 39.9 Å². The molecular formula is C19H26N4O2. The van der Waals surface area contributed by atoms with Gasteiger partial charge in [-0.15, -0.1) is 0 Å². The Labute approximate surface area is 148 Å². The van der Waals surface area contributed by atoms with Crippen LogP contribution in [0.4, 0.5) is 0 Å². The fraction of sp³-hybridized carbons (Fsp3) is 0.526. The molecule has 25 heavy (non-hydrogen) atoms. The van der Waals surface area contributed by atoms with Crippen LogP contribution in [-0.2, 0) is 24.6 Å². The van der Waals surface area contributed by atoms with Gasteiger partial charge in [0.2, 0.25) is 0 Å². The lowest BCUT2D eigenvalue weighted by molar-refractivity contribution is 0.0915. The van der Waals surface area contributed by atoms with Crippen LogP contribution in [0.3, 0.4) is 0 Å². The molecule has 3 heterocycles. The number of nitrogens with one attached hydrogen (secondary N) is 1. The van der Waals surface area contributed by atoms with Crippen LogP contribution in [0, 0.1) is 11.8 Å². The summed E-state index contributed by atoms with van der Waals surface area (Å²) in [4.78, 5) is 16.7. The molecule has 134 valence electrons. The van der Waals surface area contributed by atoms with Crippen molar-refractivity contribution in [1.29, 1.82) is 0 Å². The number of hydrogen-bond acceptors (Lipinski definition) is 4. The molecule has 6 heteroatoms. The minimum absolute atomic E-state index is 0.0177. The molecular weight excluding hydrogens is 316 g/mol. The first-order valence-corrected chi connectivity index (χ1v) is 8.83. The van der Waals surface area contributed by atoms with E-state index in [9.17, 15) is 4.79 Å².